The van der Waals surface area contributed by atoms with E-state index in [0.29, 0.717) is 11.5 Å². The van der Waals surface area contributed by atoms with Crippen molar-refractivity contribution in [3.63, 3.8) is 0 Å². The average Bonchev–Trinajstić information content (AvgIpc) is 2.46. The van der Waals surface area contributed by atoms with Crippen LogP contribution in [0.3, 0.4) is 0 Å². The molecule has 2 atom stereocenters. The van der Waals surface area contributed by atoms with Crippen molar-refractivity contribution in [1.82, 2.24) is 0 Å². The van der Waals surface area contributed by atoms with Crippen LogP contribution >= 0.6 is 15.9 Å². The van der Waals surface area contributed by atoms with Gasteiger partial charge in [0.05, 0.1) is 4.83 Å². The molecular weight excluding hydrogens is 322 g/mol. The zero-order valence-corrected chi connectivity index (χ0v) is 13.1. The Morgan fingerprint density at radius 2 is 1.60 bits per heavy atom. The first kappa shape index (κ1) is 15.2. The number of halogens is 3. The number of hydrogen-bond acceptors (Lipinski definition) is 0. The van der Waals surface area contributed by atoms with Gasteiger partial charge in [0.25, 0.3) is 0 Å². The van der Waals surface area contributed by atoms with Crippen molar-refractivity contribution in [2.75, 3.05) is 0 Å². The quantitative estimate of drug-likeness (QED) is 0.603. The number of benzene rings is 2. The van der Waals surface area contributed by atoms with Gasteiger partial charge in [0.2, 0.25) is 0 Å². The van der Waals surface area contributed by atoms with Gasteiger partial charge in [0.15, 0.2) is 0 Å². The van der Waals surface area contributed by atoms with E-state index in [1.165, 1.54) is 17.7 Å². The molecule has 0 heterocycles. The fraction of sp³-hybridized carbons (Fsp3) is 0.294. The molecule has 2 unspecified atom stereocenters. The first-order valence-electron chi connectivity index (χ1n) is 6.71. The van der Waals surface area contributed by atoms with Gasteiger partial charge in [-0.2, -0.15) is 0 Å². The predicted octanol–water partition coefficient (Wildman–Crippen LogP) is 5.96. The molecule has 2 rings (SSSR count). The molecule has 0 saturated heterocycles. The summed E-state index contributed by atoms with van der Waals surface area (Å²) in [5.41, 5.74) is 2.68. The van der Waals surface area contributed by atoms with E-state index in [4.69, 9.17) is 0 Å². The molecule has 0 aromatic heterocycles. The van der Waals surface area contributed by atoms with Gasteiger partial charge in [-0.15, -0.1) is 0 Å². The largest absolute Gasteiger partial charge is 0.207 e. The van der Waals surface area contributed by atoms with E-state index < -0.39 is 11.6 Å². The van der Waals surface area contributed by atoms with Crippen LogP contribution in [0.5, 0.6) is 0 Å². The number of rotatable bonds is 4. The van der Waals surface area contributed by atoms with Crippen molar-refractivity contribution in [1.29, 1.82) is 0 Å². The van der Waals surface area contributed by atoms with Gasteiger partial charge in [0, 0.05) is 11.6 Å². The Labute approximate surface area is 127 Å². The number of alkyl halides is 1. The molecule has 0 N–H and O–H groups in total. The third kappa shape index (κ3) is 3.26. The van der Waals surface area contributed by atoms with Crippen LogP contribution in [0.4, 0.5) is 8.78 Å². The van der Waals surface area contributed by atoms with Crippen molar-refractivity contribution < 1.29 is 8.78 Å². The van der Waals surface area contributed by atoms with Crippen molar-refractivity contribution >= 4 is 15.9 Å². The Kier molecular flexibility index (Phi) is 4.92. The molecule has 0 nitrogen and oxygen atoms in total. The lowest BCUT2D eigenvalue weighted by Crippen LogP contribution is -1.98. The van der Waals surface area contributed by atoms with Gasteiger partial charge in [-0.1, -0.05) is 60.1 Å². The summed E-state index contributed by atoms with van der Waals surface area (Å²) in [4.78, 5) is -0.269. The van der Waals surface area contributed by atoms with E-state index in [9.17, 15) is 8.78 Å². The zero-order chi connectivity index (χ0) is 14.7. The topological polar surface area (TPSA) is 0 Å². The summed E-state index contributed by atoms with van der Waals surface area (Å²) in [7, 11) is 0. The standard InChI is InChI=1S/C17H17BrF2/c1-3-11(2)12-4-6-13(7-5-12)17(18)15-9-8-14(19)10-16(15)20/h4-11,17H,3H2,1-2H3. The van der Waals surface area contributed by atoms with Gasteiger partial charge < -0.3 is 0 Å². The molecule has 0 aliphatic rings. The van der Waals surface area contributed by atoms with Crippen LogP contribution in [0.1, 0.15) is 47.7 Å². The highest BCUT2D eigenvalue weighted by molar-refractivity contribution is 9.09. The fourth-order valence-corrected chi connectivity index (χ4v) is 2.79. The van der Waals surface area contributed by atoms with Crippen LogP contribution in [-0.4, -0.2) is 0 Å². The van der Waals surface area contributed by atoms with E-state index in [-0.39, 0.29) is 4.83 Å². The van der Waals surface area contributed by atoms with Crippen LogP contribution in [0.25, 0.3) is 0 Å². The molecule has 0 bridgehead atoms. The molecule has 0 radical (unpaired) electrons. The normalized spacial score (nSPS) is 14.1. The SMILES string of the molecule is CCC(C)c1ccc(C(Br)c2ccc(F)cc2F)cc1. The van der Waals surface area contributed by atoms with Gasteiger partial charge in [-0.3, -0.25) is 0 Å². The molecule has 20 heavy (non-hydrogen) atoms. The van der Waals surface area contributed by atoms with Crippen LogP contribution in [0, 0.1) is 11.6 Å². The summed E-state index contributed by atoms with van der Waals surface area (Å²) in [5, 5.41) is 0. The Hall–Kier alpha value is -1.22. The maximum absolute atomic E-state index is 13.8. The summed E-state index contributed by atoms with van der Waals surface area (Å²) >= 11 is 3.49. The molecule has 3 heteroatoms. The smallest absolute Gasteiger partial charge is 0.130 e. The second-order valence-corrected chi connectivity index (χ2v) is 5.92. The predicted molar refractivity (Wildman–Crippen MR) is 82.3 cm³/mol. The van der Waals surface area contributed by atoms with Crippen LogP contribution in [0.15, 0.2) is 42.5 Å². The maximum atomic E-state index is 13.8. The van der Waals surface area contributed by atoms with Crippen molar-refractivity contribution in [2.24, 2.45) is 0 Å². The first-order chi connectivity index (χ1) is 9.52. The Morgan fingerprint density at radius 3 is 2.15 bits per heavy atom. The molecule has 0 aliphatic carbocycles. The molecule has 0 saturated carbocycles. The fourth-order valence-electron chi connectivity index (χ4n) is 2.12. The van der Waals surface area contributed by atoms with E-state index in [1.807, 2.05) is 12.1 Å². The van der Waals surface area contributed by atoms with Gasteiger partial charge >= 0.3 is 0 Å². The molecule has 0 amide bonds. The summed E-state index contributed by atoms with van der Waals surface area (Å²) < 4.78 is 26.7. The van der Waals surface area contributed by atoms with Gasteiger partial charge in [0.1, 0.15) is 11.6 Å². The Morgan fingerprint density at radius 1 is 1.00 bits per heavy atom. The third-order valence-electron chi connectivity index (χ3n) is 3.65. The van der Waals surface area contributed by atoms with Crippen molar-refractivity contribution in [2.45, 2.75) is 31.0 Å². The minimum absolute atomic E-state index is 0.269. The summed E-state index contributed by atoms with van der Waals surface area (Å²) in [6.07, 6.45) is 1.09. The van der Waals surface area contributed by atoms with E-state index in [1.54, 1.807) is 0 Å². The van der Waals surface area contributed by atoms with Gasteiger partial charge in [-0.25, -0.2) is 8.78 Å². The van der Waals surface area contributed by atoms with Crippen LogP contribution in [-0.2, 0) is 0 Å². The maximum Gasteiger partial charge on any atom is 0.130 e. The molecule has 0 fully saturated rings. The molecule has 0 aliphatic heterocycles. The summed E-state index contributed by atoms with van der Waals surface area (Å²) in [5.74, 6) is -0.573. The highest BCUT2D eigenvalue weighted by Gasteiger charge is 2.15. The Bertz CT molecular complexity index is 578. The molecule has 0 spiro atoms. The second kappa shape index (κ2) is 6.49. The number of hydrogen-bond donors (Lipinski definition) is 0. The lowest BCUT2D eigenvalue weighted by atomic mass is 9.96. The second-order valence-electron chi connectivity index (χ2n) is 5.00. The van der Waals surface area contributed by atoms with E-state index in [0.717, 1.165) is 18.1 Å². The lowest BCUT2D eigenvalue weighted by Gasteiger charge is -2.14. The van der Waals surface area contributed by atoms with Crippen LogP contribution in [0.2, 0.25) is 0 Å². The molecular formula is C17H17BrF2. The van der Waals surface area contributed by atoms with E-state index >= 15 is 0 Å². The van der Waals surface area contributed by atoms with Crippen molar-refractivity contribution in [3.8, 4) is 0 Å². The molecule has 2 aromatic rings. The minimum Gasteiger partial charge on any atom is -0.207 e. The van der Waals surface area contributed by atoms with Crippen LogP contribution < -0.4 is 0 Å². The van der Waals surface area contributed by atoms with Gasteiger partial charge in [-0.05, 0) is 29.5 Å². The monoisotopic (exact) mass is 338 g/mol. The minimum atomic E-state index is -0.557. The van der Waals surface area contributed by atoms with E-state index in [2.05, 4.69) is 41.9 Å². The summed E-state index contributed by atoms with van der Waals surface area (Å²) in [6, 6.07) is 11.8. The average molecular weight is 339 g/mol. The molecule has 106 valence electrons. The first-order valence-corrected chi connectivity index (χ1v) is 7.63. The highest BCUT2D eigenvalue weighted by atomic mass is 79.9. The lowest BCUT2D eigenvalue weighted by molar-refractivity contribution is 0.574. The zero-order valence-electron chi connectivity index (χ0n) is 11.5. The van der Waals surface area contributed by atoms with Crippen molar-refractivity contribution in [3.05, 3.63) is 70.8 Å². The molecule has 2 aromatic carbocycles. The summed E-state index contributed by atoms with van der Waals surface area (Å²) in [6.45, 7) is 4.33. The Balaban J connectivity index is 2.26. The highest BCUT2D eigenvalue weighted by Crippen LogP contribution is 2.33. The third-order valence-corrected chi connectivity index (χ3v) is 4.67.